The number of halogens is 3. The van der Waals surface area contributed by atoms with Crippen LogP contribution in [0.1, 0.15) is 44.4 Å². The number of piperidine rings is 1. The van der Waals surface area contributed by atoms with E-state index >= 15 is 0 Å². The molecule has 2 unspecified atom stereocenters. The van der Waals surface area contributed by atoms with Gasteiger partial charge in [-0.2, -0.15) is 0 Å². The monoisotopic (exact) mass is 582 g/mol. The highest BCUT2D eigenvalue weighted by atomic mass is 19.4. The van der Waals surface area contributed by atoms with Crippen LogP contribution in [-0.2, 0) is 0 Å². The molecule has 222 valence electrons. The Hall–Kier alpha value is -4.06. The predicted molar refractivity (Wildman–Crippen MR) is 151 cm³/mol. The first kappa shape index (κ1) is 28.1. The summed E-state index contributed by atoms with van der Waals surface area (Å²) < 4.78 is 52.9. The second-order valence-electron chi connectivity index (χ2n) is 11.1. The number of benzene rings is 2. The number of ether oxygens (including phenoxy) is 1. The molecule has 2 fully saturated rings. The number of hydrogen-bond acceptors (Lipinski definition) is 9. The number of nitrogens with one attached hydrogen (secondary N) is 1. The first-order valence-electron chi connectivity index (χ1n) is 14.2. The molecule has 12 heteroatoms. The molecule has 1 saturated carbocycles. The lowest BCUT2D eigenvalue weighted by molar-refractivity contribution is -0.274. The minimum atomic E-state index is -4.74. The molecule has 0 radical (unpaired) electrons. The maximum absolute atomic E-state index is 12.5. The molecular weight excluding hydrogens is 549 g/mol. The summed E-state index contributed by atoms with van der Waals surface area (Å²) in [7, 11) is 0. The standard InChI is InChI=1S/C30H33F3N6O3/c1-19-37-38-27(40-19)21-7-11-23(12-8-21)39-16-4-5-22(18-39)29(34)15-3-2-6-26(29)36-28-35-17-25(41-28)20-9-13-24(14-10-20)42-30(31,32)33/h7-14,17,22,26H,2-6,15-16,18,34H2,1H3,(H,35,36)/t22-,26?,29?/m0/s1. The van der Waals surface area contributed by atoms with Crippen LogP contribution < -0.4 is 20.7 Å². The van der Waals surface area contributed by atoms with E-state index in [2.05, 4.69) is 42.3 Å². The quantitative estimate of drug-likeness (QED) is 0.250. The summed E-state index contributed by atoms with van der Waals surface area (Å²) in [6, 6.07) is 14.0. The summed E-state index contributed by atoms with van der Waals surface area (Å²) in [5.74, 6) is 1.45. The Labute approximate surface area is 241 Å². The van der Waals surface area contributed by atoms with Gasteiger partial charge in [-0.15, -0.1) is 23.4 Å². The first-order chi connectivity index (χ1) is 20.2. The highest BCUT2D eigenvalue weighted by Crippen LogP contribution is 2.40. The molecule has 0 amide bonds. The fourth-order valence-corrected chi connectivity index (χ4v) is 6.24. The topological polar surface area (TPSA) is 115 Å². The van der Waals surface area contributed by atoms with Crippen LogP contribution in [0.4, 0.5) is 24.9 Å². The van der Waals surface area contributed by atoms with Gasteiger partial charge in [-0.05, 0) is 80.1 Å². The van der Waals surface area contributed by atoms with E-state index in [4.69, 9.17) is 14.6 Å². The summed E-state index contributed by atoms with van der Waals surface area (Å²) in [6.07, 6.45) is 2.80. The smallest absolute Gasteiger partial charge is 0.424 e. The Balaban J connectivity index is 1.13. The normalized spacial score (nSPS) is 23.1. The number of aryl methyl sites for hydroxylation is 1. The zero-order valence-corrected chi connectivity index (χ0v) is 23.2. The van der Waals surface area contributed by atoms with Crippen LogP contribution in [0.5, 0.6) is 5.75 Å². The van der Waals surface area contributed by atoms with Crippen molar-refractivity contribution in [1.82, 2.24) is 15.2 Å². The zero-order valence-electron chi connectivity index (χ0n) is 23.2. The predicted octanol–water partition coefficient (Wildman–Crippen LogP) is 6.57. The molecule has 2 aromatic heterocycles. The number of rotatable bonds is 7. The van der Waals surface area contributed by atoms with Crippen molar-refractivity contribution < 1.29 is 26.7 Å². The lowest BCUT2D eigenvalue weighted by Gasteiger charge is -2.50. The highest BCUT2D eigenvalue weighted by Gasteiger charge is 2.45. The second kappa shape index (κ2) is 11.3. The molecule has 3 heterocycles. The van der Waals surface area contributed by atoms with Crippen LogP contribution in [0.2, 0.25) is 0 Å². The fourth-order valence-electron chi connectivity index (χ4n) is 6.24. The molecule has 1 aliphatic heterocycles. The van der Waals surface area contributed by atoms with Crippen molar-refractivity contribution in [2.24, 2.45) is 11.7 Å². The van der Waals surface area contributed by atoms with Gasteiger partial charge in [0, 0.05) is 48.4 Å². The zero-order chi connectivity index (χ0) is 29.3. The third kappa shape index (κ3) is 6.08. The molecule has 2 aliphatic rings. The van der Waals surface area contributed by atoms with Crippen LogP contribution in [0.3, 0.4) is 0 Å². The summed E-state index contributed by atoms with van der Waals surface area (Å²) >= 11 is 0. The van der Waals surface area contributed by atoms with Crippen LogP contribution >= 0.6 is 0 Å². The molecule has 3 N–H and O–H groups in total. The van der Waals surface area contributed by atoms with Crippen LogP contribution in [0.15, 0.2) is 63.6 Å². The number of anilines is 2. The molecule has 0 spiro atoms. The van der Waals surface area contributed by atoms with Crippen molar-refractivity contribution in [3.63, 3.8) is 0 Å². The van der Waals surface area contributed by atoms with Gasteiger partial charge in [0.2, 0.25) is 11.8 Å². The molecule has 4 aromatic rings. The molecule has 6 rings (SSSR count). The van der Waals surface area contributed by atoms with E-state index in [9.17, 15) is 13.2 Å². The third-order valence-electron chi connectivity index (χ3n) is 8.36. The second-order valence-corrected chi connectivity index (χ2v) is 11.1. The van der Waals surface area contributed by atoms with Crippen molar-refractivity contribution in [3.05, 3.63) is 60.6 Å². The minimum absolute atomic E-state index is 0.0339. The Bertz CT molecular complexity index is 1490. The van der Waals surface area contributed by atoms with Crippen LogP contribution in [-0.4, -0.2) is 46.2 Å². The lowest BCUT2D eigenvalue weighted by atomic mass is 9.67. The average molecular weight is 583 g/mol. The van der Waals surface area contributed by atoms with Gasteiger partial charge in [0.25, 0.3) is 6.01 Å². The Morgan fingerprint density at radius 2 is 1.74 bits per heavy atom. The number of aromatic nitrogens is 3. The van der Waals surface area contributed by atoms with E-state index in [1.807, 2.05) is 12.1 Å². The Morgan fingerprint density at radius 3 is 2.45 bits per heavy atom. The molecule has 3 atom stereocenters. The third-order valence-corrected chi connectivity index (χ3v) is 8.36. The molecular formula is C30H33F3N6O3. The van der Waals surface area contributed by atoms with Gasteiger partial charge in [-0.3, -0.25) is 0 Å². The van der Waals surface area contributed by atoms with Crippen LogP contribution in [0, 0.1) is 12.8 Å². The van der Waals surface area contributed by atoms with Gasteiger partial charge in [0.15, 0.2) is 5.76 Å². The number of oxazole rings is 1. The number of nitrogens with zero attached hydrogens (tertiary/aromatic N) is 4. The average Bonchev–Trinajstić information content (AvgIpc) is 3.63. The van der Waals surface area contributed by atoms with E-state index in [0.717, 1.165) is 62.9 Å². The number of hydrogen-bond donors (Lipinski definition) is 2. The SMILES string of the molecule is Cc1nnc(-c2ccc(N3CCC[C@H](C4(N)CCCCC4Nc4ncc(-c5ccc(OC(F)(F)F)cc5)o4)C3)cc2)o1. The Morgan fingerprint density at radius 1 is 0.976 bits per heavy atom. The van der Waals surface area contributed by atoms with Gasteiger partial charge >= 0.3 is 6.36 Å². The van der Waals surface area contributed by atoms with Crippen molar-refractivity contribution in [2.75, 3.05) is 23.3 Å². The van der Waals surface area contributed by atoms with Crippen molar-refractivity contribution in [3.8, 4) is 28.5 Å². The molecule has 1 aliphatic carbocycles. The maximum Gasteiger partial charge on any atom is 0.573 e. The summed E-state index contributed by atoms with van der Waals surface area (Å²) in [6.45, 7) is 3.57. The van der Waals surface area contributed by atoms with E-state index in [1.165, 1.54) is 24.3 Å². The molecule has 9 nitrogen and oxygen atoms in total. The van der Waals surface area contributed by atoms with Gasteiger partial charge in [0.1, 0.15) is 5.75 Å². The van der Waals surface area contributed by atoms with Gasteiger partial charge in [-0.25, -0.2) is 4.98 Å². The van der Waals surface area contributed by atoms with Crippen molar-refractivity contribution >= 4 is 11.7 Å². The summed E-state index contributed by atoms with van der Waals surface area (Å²) in [5, 5.41) is 11.5. The van der Waals surface area contributed by atoms with Crippen LogP contribution in [0.25, 0.3) is 22.8 Å². The van der Waals surface area contributed by atoms with E-state index in [-0.39, 0.29) is 17.7 Å². The van der Waals surface area contributed by atoms with Gasteiger partial charge in [-0.1, -0.05) is 12.8 Å². The van der Waals surface area contributed by atoms with E-state index < -0.39 is 11.9 Å². The lowest BCUT2D eigenvalue weighted by Crippen LogP contribution is -2.63. The fraction of sp³-hybridized carbons (Fsp3) is 0.433. The molecule has 1 saturated heterocycles. The minimum Gasteiger partial charge on any atom is -0.424 e. The molecule has 42 heavy (non-hydrogen) atoms. The summed E-state index contributed by atoms with van der Waals surface area (Å²) in [4.78, 5) is 6.80. The van der Waals surface area contributed by atoms with Gasteiger partial charge in [0.05, 0.1) is 6.20 Å². The van der Waals surface area contributed by atoms with Crippen molar-refractivity contribution in [1.29, 1.82) is 0 Å². The molecule has 2 aromatic carbocycles. The highest BCUT2D eigenvalue weighted by molar-refractivity contribution is 5.60. The number of nitrogens with two attached hydrogens (primary N) is 1. The van der Waals surface area contributed by atoms with Gasteiger partial charge < -0.3 is 29.5 Å². The summed E-state index contributed by atoms with van der Waals surface area (Å²) in [5.41, 5.74) is 9.42. The maximum atomic E-state index is 12.5. The van der Waals surface area contributed by atoms with Crippen molar-refractivity contribution in [2.45, 2.75) is 63.4 Å². The molecule has 0 bridgehead atoms. The first-order valence-corrected chi connectivity index (χ1v) is 14.2. The van der Waals surface area contributed by atoms with E-state index in [0.29, 0.717) is 29.1 Å². The Kier molecular flexibility index (Phi) is 7.56. The van der Waals surface area contributed by atoms with E-state index in [1.54, 1.807) is 13.1 Å². The largest absolute Gasteiger partial charge is 0.573 e. The number of alkyl halides is 3.